The van der Waals surface area contributed by atoms with Crippen molar-refractivity contribution >= 4 is 23.9 Å². The summed E-state index contributed by atoms with van der Waals surface area (Å²) in [4.78, 5) is 46.1. The Hall–Kier alpha value is -2.46. The SMILES string of the molecule is CC/C=C\COC1OC(COC(C)=O)C(OC(C)=O)C(OC(C)=O)C1OC(C)=O. The van der Waals surface area contributed by atoms with E-state index in [1.54, 1.807) is 6.08 Å². The molecule has 1 aliphatic heterocycles. The first kappa shape index (κ1) is 24.6. The average molecular weight is 416 g/mol. The topological polar surface area (TPSA) is 124 Å². The molecule has 10 nitrogen and oxygen atoms in total. The molecule has 0 amide bonds. The molecule has 1 rings (SSSR count). The molecule has 29 heavy (non-hydrogen) atoms. The fourth-order valence-corrected chi connectivity index (χ4v) is 2.71. The minimum absolute atomic E-state index is 0.127. The maximum Gasteiger partial charge on any atom is 0.303 e. The van der Waals surface area contributed by atoms with Crippen LogP contribution in [0, 0.1) is 0 Å². The van der Waals surface area contributed by atoms with Crippen LogP contribution in [-0.2, 0) is 47.6 Å². The second-order valence-corrected chi connectivity index (χ2v) is 6.28. The molecular weight excluding hydrogens is 388 g/mol. The van der Waals surface area contributed by atoms with E-state index in [1.807, 2.05) is 13.0 Å². The highest BCUT2D eigenvalue weighted by Gasteiger charge is 2.52. The summed E-state index contributed by atoms with van der Waals surface area (Å²) in [6.07, 6.45) is -1.39. The summed E-state index contributed by atoms with van der Waals surface area (Å²) in [6, 6.07) is 0. The van der Waals surface area contributed by atoms with Gasteiger partial charge in [-0.2, -0.15) is 0 Å². The van der Waals surface area contributed by atoms with Crippen molar-refractivity contribution in [2.45, 2.75) is 71.7 Å². The van der Waals surface area contributed by atoms with Crippen LogP contribution in [0.1, 0.15) is 41.0 Å². The van der Waals surface area contributed by atoms with E-state index in [9.17, 15) is 19.2 Å². The molecule has 0 aromatic carbocycles. The first-order valence-corrected chi connectivity index (χ1v) is 9.22. The highest BCUT2D eigenvalue weighted by atomic mass is 16.7. The molecule has 0 N–H and O–H groups in total. The lowest BCUT2D eigenvalue weighted by atomic mass is 9.98. The zero-order valence-electron chi connectivity index (χ0n) is 17.2. The fourth-order valence-electron chi connectivity index (χ4n) is 2.71. The first-order chi connectivity index (χ1) is 13.6. The van der Waals surface area contributed by atoms with Crippen LogP contribution >= 0.6 is 0 Å². The lowest BCUT2D eigenvalue weighted by molar-refractivity contribution is -0.305. The van der Waals surface area contributed by atoms with Crippen molar-refractivity contribution < 1.29 is 47.6 Å². The second-order valence-electron chi connectivity index (χ2n) is 6.28. The lowest BCUT2D eigenvalue weighted by Crippen LogP contribution is -2.62. The second kappa shape index (κ2) is 12.2. The van der Waals surface area contributed by atoms with Gasteiger partial charge in [-0.15, -0.1) is 0 Å². The largest absolute Gasteiger partial charge is 0.463 e. The minimum atomic E-state index is -1.23. The molecule has 5 atom stereocenters. The highest BCUT2D eigenvalue weighted by molar-refractivity contribution is 5.68. The van der Waals surface area contributed by atoms with Crippen molar-refractivity contribution in [2.24, 2.45) is 0 Å². The number of carbonyl (C=O) groups excluding carboxylic acids is 4. The Kier molecular flexibility index (Phi) is 10.3. The van der Waals surface area contributed by atoms with Crippen molar-refractivity contribution in [1.29, 1.82) is 0 Å². The van der Waals surface area contributed by atoms with Gasteiger partial charge in [0.15, 0.2) is 24.6 Å². The molecule has 0 aliphatic carbocycles. The van der Waals surface area contributed by atoms with Crippen LogP contribution in [0.25, 0.3) is 0 Å². The molecule has 0 bridgehead atoms. The van der Waals surface area contributed by atoms with Crippen LogP contribution in [0.2, 0.25) is 0 Å². The van der Waals surface area contributed by atoms with Crippen molar-refractivity contribution in [3.63, 3.8) is 0 Å². The number of ether oxygens (including phenoxy) is 6. The van der Waals surface area contributed by atoms with Gasteiger partial charge >= 0.3 is 23.9 Å². The van der Waals surface area contributed by atoms with Crippen LogP contribution in [0.5, 0.6) is 0 Å². The van der Waals surface area contributed by atoms with Gasteiger partial charge in [-0.05, 0) is 6.42 Å². The summed E-state index contributed by atoms with van der Waals surface area (Å²) in [5, 5.41) is 0. The third-order valence-electron chi connectivity index (χ3n) is 3.71. The van der Waals surface area contributed by atoms with E-state index >= 15 is 0 Å². The summed E-state index contributed by atoms with van der Waals surface area (Å²) < 4.78 is 32.2. The lowest BCUT2D eigenvalue weighted by Gasteiger charge is -2.43. The minimum Gasteiger partial charge on any atom is -0.463 e. The van der Waals surface area contributed by atoms with E-state index in [0.717, 1.165) is 20.3 Å². The summed E-state index contributed by atoms with van der Waals surface area (Å²) in [6.45, 7) is 6.48. The van der Waals surface area contributed by atoms with Crippen molar-refractivity contribution in [3.05, 3.63) is 12.2 Å². The zero-order chi connectivity index (χ0) is 22.0. The Morgan fingerprint density at radius 3 is 1.86 bits per heavy atom. The molecule has 0 saturated carbocycles. The Labute approximate surface area is 169 Å². The van der Waals surface area contributed by atoms with Gasteiger partial charge in [-0.3, -0.25) is 19.2 Å². The molecule has 1 saturated heterocycles. The van der Waals surface area contributed by atoms with Gasteiger partial charge in [-0.1, -0.05) is 19.1 Å². The predicted octanol–water partition coefficient (Wildman–Crippen LogP) is 1.05. The number of rotatable bonds is 9. The van der Waals surface area contributed by atoms with E-state index in [4.69, 9.17) is 28.4 Å². The van der Waals surface area contributed by atoms with Gasteiger partial charge in [0.1, 0.15) is 12.7 Å². The monoisotopic (exact) mass is 416 g/mol. The number of esters is 4. The summed E-state index contributed by atoms with van der Waals surface area (Å²) in [7, 11) is 0. The number of hydrogen-bond donors (Lipinski definition) is 0. The average Bonchev–Trinajstić information content (AvgIpc) is 2.60. The van der Waals surface area contributed by atoms with E-state index in [0.29, 0.717) is 0 Å². The van der Waals surface area contributed by atoms with E-state index in [-0.39, 0.29) is 13.2 Å². The number of carbonyl (C=O) groups is 4. The van der Waals surface area contributed by atoms with Gasteiger partial charge in [0, 0.05) is 27.7 Å². The quantitative estimate of drug-likeness (QED) is 0.306. The standard InChI is InChI=1S/C19H28O10/c1-6-7-8-9-24-19-18(28-14(5)23)17(27-13(4)22)16(26-12(3)21)15(29-19)10-25-11(2)20/h7-8,15-19H,6,9-10H2,1-5H3/b8-7-. The molecule has 0 spiro atoms. The van der Waals surface area contributed by atoms with Gasteiger partial charge in [0.05, 0.1) is 6.61 Å². The molecule has 1 heterocycles. The molecule has 0 radical (unpaired) electrons. The first-order valence-electron chi connectivity index (χ1n) is 9.22. The van der Waals surface area contributed by atoms with Gasteiger partial charge < -0.3 is 28.4 Å². The van der Waals surface area contributed by atoms with Gasteiger partial charge in [-0.25, -0.2) is 0 Å². The third-order valence-corrected chi connectivity index (χ3v) is 3.71. The Morgan fingerprint density at radius 2 is 1.34 bits per heavy atom. The van der Waals surface area contributed by atoms with Crippen LogP contribution in [0.3, 0.4) is 0 Å². The Morgan fingerprint density at radius 1 is 0.793 bits per heavy atom. The fraction of sp³-hybridized carbons (Fsp3) is 0.684. The van der Waals surface area contributed by atoms with Gasteiger partial charge in [0.25, 0.3) is 0 Å². The van der Waals surface area contributed by atoms with E-state index < -0.39 is 54.6 Å². The van der Waals surface area contributed by atoms with Crippen LogP contribution in [-0.4, -0.2) is 67.8 Å². The number of hydrogen-bond acceptors (Lipinski definition) is 10. The van der Waals surface area contributed by atoms with Crippen molar-refractivity contribution in [2.75, 3.05) is 13.2 Å². The molecule has 10 heteroatoms. The molecule has 5 unspecified atom stereocenters. The van der Waals surface area contributed by atoms with Gasteiger partial charge in [0.2, 0.25) is 0 Å². The number of allylic oxidation sites excluding steroid dienone is 1. The molecule has 0 aromatic heterocycles. The van der Waals surface area contributed by atoms with Crippen LogP contribution < -0.4 is 0 Å². The predicted molar refractivity (Wildman–Crippen MR) is 97.3 cm³/mol. The Balaban J connectivity index is 3.22. The van der Waals surface area contributed by atoms with Crippen molar-refractivity contribution in [3.8, 4) is 0 Å². The van der Waals surface area contributed by atoms with Crippen molar-refractivity contribution in [1.82, 2.24) is 0 Å². The smallest absolute Gasteiger partial charge is 0.303 e. The van der Waals surface area contributed by atoms with E-state index in [1.165, 1.54) is 13.8 Å². The molecule has 1 aliphatic rings. The zero-order valence-corrected chi connectivity index (χ0v) is 17.2. The molecule has 164 valence electrons. The van der Waals surface area contributed by atoms with Crippen LogP contribution in [0.4, 0.5) is 0 Å². The summed E-state index contributed by atoms with van der Waals surface area (Å²) >= 11 is 0. The molecular formula is C19H28O10. The maximum absolute atomic E-state index is 11.7. The Bertz CT molecular complexity index is 614. The molecule has 1 fully saturated rings. The third kappa shape index (κ3) is 8.61. The van der Waals surface area contributed by atoms with E-state index in [2.05, 4.69) is 0 Å². The van der Waals surface area contributed by atoms with Crippen LogP contribution in [0.15, 0.2) is 12.2 Å². The highest BCUT2D eigenvalue weighted by Crippen LogP contribution is 2.29. The summed E-state index contributed by atoms with van der Waals surface area (Å²) in [5.41, 5.74) is 0. The molecule has 0 aromatic rings. The maximum atomic E-state index is 11.7. The normalized spacial score (nSPS) is 26.6. The summed E-state index contributed by atoms with van der Waals surface area (Å²) in [5.74, 6) is -2.63.